The third-order valence-electron chi connectivity index (χ3n) is 4.20. The highest BCUT2D eigenvalue weighted by atomic mass is 32.2. The Morgan fingerprint density at radius 1 is 0.839 bits per heavy atom. The van der Waals surface area contributed by atoms with E-state index in [1.54, 1.807) is 0 Å². The van der Waals surface area contributed by atoms with Gasteiger partial charge in [0.15, 0.2) is 5.70 Å². The summed E-state index contributed by atoms with van der Waals surface area (Å²) in [6.07, 6.45) is 1.46. The van der Waals surface area contributed by atoms with Crippen LogP contribution < -0.4 is 4.18 Å². The zero-order valence-corrected chi connectivity index (χ0v) is 16.5. The highest BCUT2D eigenvalue weighted by molar-refractivity contribution is 7.87. The van der Waals surface area contributed by atoms with Gasteiger partial charge in [0.25, 0.3) is 0 Å². The third kappa shape index (κ3) is 4.67. The molecule has 0 unspecified atom stereocenters. The van der Waals surface area contributed by atoms with Crippen LogP contribution in [0.25, 0.3) is 6.08 Å². The molecule has 0 fully saturated rings. The number of aliphatic imine (C=N–C) groups is 1. The van der Waals surface area contributed by atoms with E-state index in [-0.39, 0.29) is 22.2 Å². The molecule has 6 nitrogen and oxygen atoms in total. The minimum Gasteiger partial charge on any atom is -0.402 e. The van der Waals surface area contributed by atoms with Gasteiger partial charge in [0, 0.05) is 5.56 Å². The number of nitrogens with zero attached hydrogens (tertiary/aromatic N) is 1. The van der Waals surface area contributed by atoms with Crippen molar-refractivity contribution in [3.8, 4) is 5.75 Å². The van der Waals surface area contributed by atoms with Crippen LogP contribution in [0.2, 0.25) is 0 Å². The van der Waals surface area contributed by atoms with Crippen molar-refractivity contribution in [1.29, 1.82) is 0 Å². The maximum Gasteiger partial charge on any atom is 0.363 e. The predicted octanol–water partition coefficient (Wildman–Crippen LogP) is 4.08. The second-order valence-electron chi connectivity index (χ2n) is 6.40. The number of hydrogen-bond acceptors (Lipinski definition) is 6. The monoisotopic (exact) mass is 441 g/mol. The van der Waals surface area contributed by atoms with Crippen molar-refractivity contribution in [2.45, 2.75) is 4.90 Å². The zero-order valence-electron chi connectivity index (χ0n) is 15.7. The van der Waals surface area contributed by atoms with Crippen molar-refractivity contribution in [3.63, 3.8) is 0 Å². The summed E-state index contributed by atoms with van der Waals surface area (Å²) in [5.74, 6) is -1.56. The van der Waals surface area contributed by atoms with E-state index in [0.29, 0.717) is 11.1 Å². The molecule has 0 saturated carbocycles. The third-order valence-corrected chi connectivity index (χ3v) is 5.46. The SMILES string of the molecule is O=C1OC(c2ccc(F)cc2)=N/C1=C\c1ccc(OS(=O)(=O)c2ccc(F)cc2)cc1. The van der Waals surface area contributed by atoms with Gasteiger partial charge in [-0.2, -0.15) is 8.42 Å². The van der Waals surface area contributed by atoms with Crippen molar-refractivity contribution in [3.05, 3.63) is 101 Å². The van der Waals surface area contributed by atoms with Crippen LogP contribution in [0.5, 0.6) is 5.75 Å². The van der Waals surface area contributed by atoms with E-state index in [2.05, 4.69) is 4.99 Å². The number of ether oxygens (including phenoxy) is 1. The summed E-state index contributed by atoms with van der Waals surface area (Å²) in [6.45, 7) is 0. The minimum atomic E-state index is -4.12. The van der Waals surface area contributed by atoms with E-state index in [0.717, 1.165) is 24.3 Å². The van der Waals surface area contributed by atoms with Gasteiger partial charge in [-0.05, 0) is 72.3 Å². The number of hydrogen-bond donors (Lipinski definition) is 0. The molecule has 0 aromatic heterocycles. The first kappa shape index (κ1) is 20.4. The number of halogens is 2. The Morgan fingerprint density at radius 3 is 2.03 bits per heavy atom. The summed E-state index contributed by atoms with van der Waals surface area (Å²) < 4.78 is 60.7. The van der Waals surface area contributed by atoms with Gasteiger partial charge < -0.3 is 8.92 Å². The number of rotatable bonds is 5. The average molecular weight is 441 g/mol. The van der Waals surface area contributed by atoms with Gasteiger partial charge in [-0.15, -0.1) is 0 Å². The van der Waals surface area contributed by atoms with Crippen molar-refractivity contribution in [2.75, 3.05) is 0 Å². The Morgan fingerprint density at radius 2 is 1.42 bits per heavy atom. The molecule has 3 aromatic carbocycles. The normalized spacial score (nSPS) is 15.0. The van der Waals surface area contributed by atoms with Crippen molar-refractivity contribution >= 4 is 28.1 Å². The van der Waals surface area contributed by atoms with Gasteiger partial charge in [0.05, 0.1) is 0 Å². The van der Waals surface area contributed by atoms with E-state index >= 15 is 0 Å². The maximum absolute atomic E-state index is 13.0. The Hall–Kier alpha value is -3.85. The quantitative estimate of drug-likeness (QED) is 0.339. The summed E-state index contributed by atoms with van der Waals surface area (Å²) in [4.78, 5) is 16.0. The predicted molar refractivity (Wildman–Crippen MR) is 108 cm³/mol. The summed E-state index contributed by atoms with van der Waals surface area (Å²) in [7, 11) is -4.12. The lowest BCUT2D eigenvalue weighted by Gasteiger charge is -2.07. The van der Waals surface area contributed by atoms with E-state index in [1.807, 2.05) is 0 Å². The van der Waals surface area contributed by atoms with Gasteiger partial charge in [-0.3, -0.25) is 0 Å². The van der Waals surface area contributed by atoms with Gasteiger partial charge >= 0.3 is 16.1 Å². The summed E-state index contributed by atoms with van der Waals surface area (Å²) >= 11 is 0. The number of carbonyl (C=O) groups excluding carboxylic acids is 1. The lowest BCUT2D eigenvalue weighted by Crippen LogP contribution is -2.09. The molecule has 1 aliphatic heterocycles. The molecule has 4 rings (SSSR count). The molecule has 0 saturated heterocycles. The number of carbonyl (C=O) groups is 1. The van der Waals surface area contributed by atoms with Crippen LogP contribution in [-0.4, -0.2) is 20.3 Å². The molecule has 3 aromatic rings. The highest BCUT2D eigenvalue weighted by Gasteiger charge is 2.24. The second-order valence-corrected chi connectivity index (χ2v) is 7.95. The zero-order chi connectivity index (χ0) is 22.0. The lowest BCUT2D eigenvalue weighted by atomic mass is 10.2. The average Bonchev–Trinajstić information content (AvgIpc) is 3.10. The molecule has 0 bridgehead atoms. The Balaban J connectivity index is 1.51. The molecule has 9 heteroatoms. The fraction of sp³-hybridized carbons (Fsp3) is 0. The van der Waals surface area contributed by atoms with E-state index in [4.69, 9.17) is 8.92 Å². The van der Waals surface area contributed by atoms with Crippen molar-refractivity contribution in [2.24, 2.45) is 4.99 Å². The van der Waals surface area contributed by atoms with Crippen molar-refractivity contribution in [1.82, 2.24) is 0 Å². The first-order valence-corrected chi connectivity index (χ1v) is 10.3. The molecule has 156 valence electrons. The van der Waals surface area contributed by atoms with Crippen LogP contribution >= 0.6 is 0 Å². The molecule has 0 amide bonds. The minimum absolute atomic E-state index is 0.0342. The smallest absolute Gasteiger partial charge is 0.363 e. The highest BCUT2D eigenvalue weighted by Crippen LogP contribution is 2.23. The molecule has 0 spiro atoms. The van der Waals surface area contributed by atoms with Gasteiger partial charge in [-0.25, -0.2) is 18.6 Å². The van der Waals surface area contributed by atoms with Crippen molar-refractivity contribution < 1.29 is 30.9 Å². The van der Waals surface area contributed by atoms with E-state index in [9.17, 15) is 22.0 Å². The Bertz CT molecular complexity index is 1300. The molecule has 0 aliphatic carbocycles. The Labute approximate surface area is 176 Å². The fourth-order valence-corrected chi connectivity index (χ4v) is 3.61. The molecule has 0 atom stereocenters. The Kier molecular flexibility index (Phi) is 5.35. The van der Waals surface area contributed by atoms with Crippen LogP contribution in [0.3, 0.4) is 0 Å². The summed E-state index contributed by atoms with van der Waals surface area (Å²) in [6, 6.07) is 15.4. The van der Waals surface area contributed by atoms with E-state index in [1.165, 1.54) is 54.6 Å². The second kappa shape index (κ2) is 8.11. The number of benzene rings is 3. The van der Waals surface area contributed by atoms with Gasteiger partial charge in [0.1, 0.15) is 22.3 Å². The number of esters is 1. The first-order chi connectivity index (χ1) is 14.8. The van der Waals surface area contributed by atoms with Crippen LogP contribution in [0.1, 0.15) is 11.1 Å². The summed E-state index contributed by atoms with van der Waals surface area (Å²) in [5, 5.41) is 0. The van der Waals surface area contributed by atoms with Gasteiger partial charge in [0.2, 0.25) is 5.90 Å². The van der Waals surface area contributed by atoms with Crippen LogP contribution in [0, 0.1) is 11.6 Å². The van der Waals surface area contributed by atoms with E-state index < -0.39 is 27.7 Å². The fourth-order valence-electron chi connectivity index (χ4n) is 2.68. The molecule has 0 radical (unpaired) electrons. The molecule has 1 heterocycles. The molecular formula is C22H13F2NO5S. The molecule has 31 heavy (non-hydrogen) atoms. The summed E-state index contributed by atoms with van der Waals surface area (Å²) in [5.41, 5.74) is 1.03. The first-order valence-electron chi connectivity index (χ1n) is 8.89. The van der Waals surface area contributed by atoms with Crippen LogP contribution in [0.15, 0.2) is 88.4 Å². The van der Waals surface area contributed by atoms with Gasteiger partial charge in [-0.1, -0.05) is 12.1 Å². The standard InChI is InChI=1S/C22H13F2NO5S/c23-16-5-3-15(4-6-16)21-25-20(22(26)29-21)13-14-1-9-18(10-2-14)30-31(27,28)19-11-7-17(24)8-12-19/h1-13H/b20-13-. The lowest BCUT2D eigenvalue weighted by molar-refractivity contribution is -0.129. The maximum atomic E-state index is 13.0. The number of cyclic esters (lactones) is 1. The molecule has 1 aliphatic rings. The topological polar surface area (TPSA) is 82.0 Å². The largest absolute Gasteiger partial charge is 0.402 e. The van der Waals surface area contributed by atoms with Crippen LogP contribution in [0.4, 0.5) is 8.78 Å². The van der Waals surface area contributed by atoms with Crippen LogP contribution in [-0.2, 0) is 19.6 Å². The molecular weight excluding hydrogens is 428 g/mol. The molecule has 0 N–H and O–H groups in total.